The van der Waals surface area contributed by atoms with Crippen LogP contribution in [0.25, 0.3) is 0 Å². The first-order valence-corrected chi connectivity index (χ1v) is 12.5. The van der Waals surface area contributed by atoms with Gasteiger partial charge in [-0.25, -0.2) is 18.1 Å². The van der Waals surface area contributed by atoms with E-state index < -0.39 is 10.0 Å². The molecule has 1 saturated heterocycles. The number of carbonyl (C=O) groups excluding carboxylic acids is 1. The van der Waals surface area contributed by atoms with Crippen LogP contribution in [0.2, 0.25) is 0 Å². The number of nitrogens with zero attached hydrogens (tertiary/aromatic N) is 3. The standard InChI is InChI=1S/C19H32N4O3S2/c1-13(2)22-9-11-23(12-10-22)18(24)16-5-7-17(8-6-16)21-28(25,26)19-14(3)20-15(4)27-19/h13,16-17,21H,5-12H2,1-4H3. The van der Waals surface area contributed by atoms with Crippen molar-refractivity contribution in [2.75, 3.05) is 26.2 Å². The Balaban J connectivity index is 1.50. The third-order valence-corrected chi connectivity index (χ3v) is 9.06. The Labute approximate surface area is 172 Å². The molecule has 1 aromatic heterocycles. The number of piperazine rings is 1. The van der Waals surface area contributed by atoms with Gasteiger partial charge in [-0.05, 0) is 53.4 Å². The zero-order chi connectivity index (χ0) is 20.5. The number of nitrogens with one attached hydrogen (secondary N) is 1. The summed E-state index contributed by atoms with van der Waals surface area (Å²) < 4.78 is 28.5. The molecular formula is C19H32N4O3S2. The van der Waals surface area contributed by atoms with Gasteiger partial charge in [-0.3, -0.25) is 9.69 Å². The zero-order valence-electron chi connectivity index (χ0n) is 17.3. The number of sulfonamides is 1. The second-order valence-electron chi connectivity index (χ2n) is 8.23. The number of hydrogen-bond acceptors (Lipinski definition) is 6. The van der Waals surface area contributed by atoms with E-state index in [-0.39, 0.29) is 17.9 Å². The Morgan fingerprint density at radius 2 is 1.71 bits per heavy atom. The molecule has 0 aromatic carbocycles. The van der Waals surface area contributed by atoms with Crippen LogP contribution >= 0.6 is 11.3 Å². The van der Waals surface area contributed by atoms with Crippen molar-refractivity contribution >= 4 is 27.3 Å². The molecule has 0 bridgehead atoms. The van der Waals surface area contributed by atoms with Gasteiger partial charge in [0.1, 0.15) is 0 Å². The molecular weight excluding hydrogens is 396 g/mol. The van der Waals surface area contributed by atoms with Crippen LogP contribution in [0, 0.1) is 19.8 Å². The van der Waals surface area contributed by atoms with Crippen LogP contribution in [0.15, 0.2) is 4.21 Å². The lowest BCUT2D eigenvalue weighted by Gasteiger charge is -2.39. The van der Waals surface area contributed by atoms with Gasteiger partial charge in [0.2, 0.25) is 5.91 Å². The molecule has 3 rings (SSSR count). The molecule has 9 heteroatoms. The quantitative estimate of drug-likeness (QED) is 0.777. The molecule has 0 radical (unpaired) electrons. The van der Waals surface area contributed by atoms with E-state index in [4.69, 9.17) is 0 Å². The fourth-order valence-corrected chi connectivity index (χ4v) is 7.02. The topological polar surface area (TPSA) is 82.6 Å². The molecule has 1 saturated carbocycles. The van der Waals surface area contributed by atoms with Crippen LogP contribution in [0.3, 0.4) is 0 Å². The van der Waals surface area contributed by atoms with Crippen molar-refractivity contribution in [3.8, 4) is 0 Å². The van der Waals surface area contributed by atoms with Crippen molar-refractivity contribution in [3.63, 3.8) is 0 Å². The summed E-state index contributed by atoms with van der Waals surface area (Å²) >= 11 is 1.21. The van der Waals surface area contributed by atoms with Gasteiger partial charge in [-0.2, -0.15) is 0 Å². The van der Waals surface area contributed by atoms with Gasteiger partial charge in [-0.1, -0.05) is 0 Å². The van der Waals surface area contributed by atoms with Gasteiger partial charge in [0.05, 0.1) is 10.7 Å². The van der Waals surface area contributed by atoms with Crippen molar-refractivity contribution in [2.24, 2.45) is 5.92 Å². The van der Waals surface area contributed by atoms with E-state index in [1.54, 1.807) is 6.92 Å². The van der Waals surface area contributed by atoms with Gasteiger partial charge >= 0.3 is 0 Å². The van der Waals surface area contributed by atoms with Crippen molar-refractivity contribution in [3.05, 3.63) is 10.7 Å². The fourth-order valence-electron chi connectivity index (χ4n) is 4.21. The SMILES string of the molecule is Cc1nc(C)c(S(=O)(=O)NC2CCC(C(=O)N3CCN(C(C)C)CC3)CC2)s1. The molecule has 158 valence electrons. The third-order valence-electron chi connectivity index (χ3n) is 5.86. The first kappa shape index (κ1) is 21.7. The molecule has 7 nitrogen and oxygen atoms in total. The lowest BCUT2D eigenvalue weighted by molar-refractivity contribution is -0.138. The van der Waals surface area contributed by atoms with Crippen LogP contribution in [0.5, 0.6) is 0 Å². The Morgan fingerprint density at radius 3 is 2.21 bits per heavy atom. The first-order valence-electron chi connectivity index (χ1n) is 10.2. The van der Waals surface area contributed by atoms with E-state index in [0.29, 0.717) is 28.8 Å². The summed E-state index contributed by atoms with van der Waals surface area (Å²) in [6.07, 6.45) is 2.91. The summed E-state index contributed by atoms with van der Waals surface area (Å²) in [6.45, 7) is 11.4. The molecule has 0 unspecified atom stereocenters. The number of hydrogen-bond donors (Lipinski definition) is 1. The molecule has 1 aliphatic carbocycles. The maximum absolute atomic E-state index is 12.9. The second kappa shape index (κ2) is 8.77. The van der Waals surface area contributed by atoms with E-state index in [0.717, 1.165) is 44.0 Å². The monoisotopic (exact) mass is 428 g/mol. The minimum atomic E-state index is -3.54. The number of rotatable bonds is 5. The summed E-state index contributed by atoms with van der Waals surface area (Å²) in [6, 6.07) is 0.417. The summed E-state index contributed by atoms with van der Waals surface area (Å²) in [5, 5.41) is 0.754. The van der Waals surface area contributed by atoms with E-state index in [9.17, 15) is 13.2 Å². The maximum atomic E-state index is 12.9. The number of aromatic nitrogens is 1. The lowest BCUT2D eigenvalue weighted by atomic mass is 9.85. The Hall–Kier alpha value is -1.03. The van der Waals surface area contributed by atoms with Crippen LogP contribution in [-0.2, 0) is 14.8 Å². The van der Waals surface area contributed by atoms with Crippen LogP contribution in [0.1, 0.15) is 50.2 Å². The van der Waals surface area contributed by atoms with Gasteiger partial charge < -0.3 is 4.90 Å². The third kappa shape index (κ3) is 4.93. The van der Waals surface area contributed by atoms with E-state index in [1.807, 2.05) is 11.8 Å². The lowest BCUT2D eigenvalue weighted by Crippen LogP contribution is -2.52. The largest absolute Gasteiger partial charge is 0.340 e. The predicted octanol–water partition coefficient (Wildman–Crippen LogP) is 2.15. The highest BCUT2D eigenvalue weighted by Crippen LogP contribution is 2.29. The summed E-state index contributed by atoms with van der Waals surface area (Å²) in [4.78, 5) is 21.5. The van der Waals surface area contributed by atoms with Crippen molar-refractivity contribution in [2.45, 2.75) is 69.7 Å². The van der Waals surface area contributed by atoms with Gasteiger partial charge in [0.25, 0.3) is 10.0 Å². The van der Waals surface area contributed by atoms with Gasteiger partial charge in [0.15, 0.2) is 4.21 Å². The number of amides is 1. The highest BCUT2D eigenvalue weighted by atomic mass is 32.2. The van der Waals surface area contributed by atoms with Crippen LogP contribution < -0.4 is 4.72 Å². The Morgan fingerprint density at radius 1 is 1.11 bits per heavy atom. The van der Waals surface area contributed by atoms with Crippen molar-refractivity contribution in [1.29, 1.82) is 0 Å². The zero-order valence-corrected chi connectivity index (χ0v) is 18.9. The Bertz CT molecular complexity index is 790. The molecule has 1 aromatic rings. The van der Waals surface area contributed by atoms with Crippen molar-refractivity contribution in [1.82, 2.24) is 19.5 Å². The summed E-state index contributed by atoms with van der Waals surface area (Å²) in [7, 11) is -3.54. The summed E-state index contributed by atoms with van der Waals surface area (Å²) in [5.41, 5.74) is 0.555. The smallest absolute Gasteiger partial charge is 0.252 e. The highest BCUT2D eigenvalue weighted by Gasteiger charge is 2.33. The van der Waals surface area contributed by atoms with E-state index >= 15 is 0 Å². The first-order chi connectivity index (χ1) is 13.2. The highest BCUT2D eigenvalue weighted by molar-refractivity contribution is 7.91. The van der Waals surface area contributed by atoms with Gasteiger partial charge in [-0.15, -0.1) is 11.3 Å². The van der Waals surface area contributed by atoms with Gasteiger partial charge in [0, 0.05) is 44.2 Å². The molecule has 2 fully saturated rings. The number of carbonyl (C=O) groups is 1. The predicted molar refractivity (Wildman–Crippen MR) is 111 cm³/mol. The molecule has 1 aliphatic heterocycles. The molecule has 0 spiro atoms. The van der Waals surface area contributed by atoms with Crippen molar-refractivity contribution < 1.29 is 13.2 Å². The fraction of sp³-hybridized carbons (Fsp3) is 0.789. The number of thiazole rings is 1. The Kier molecular flexibility index (Phi) is 6.79. The summed E-state index contributed by atoms with van der Waals surface area (Å²) in [5.74, 6) is 0.275. The van der Waals surface area contributed by atoms with Crippen LogP contribution in [-0.4, -0.2) is 67.4 Å². The molecule has 1 N–H and O–H groups in total. The maximum Gasteiger partial charge on any atom is 0.252 e. The molecule has 1 amide bonds. The molecule has 0 atom stereocenters. The average Bonchev–Trinajstić information content (AvgIpc) is 3.01. The number of aryl methyl sites for hydroxylation is 2. The second-order valence-corrected chi connectivity index (χ2v) is 11.3. The average molecular weight is 429 g/mol. The molecule has 28 heavy (non-hydrogen) atoms. The minimum Gasteiger partial charge on any atom is -0.340 e. The minimum absolute atomic E-state index is 0.0266. The van der Waals surface area contributed by atoms with E-state index in [1.165, 1.54) is 11.3 Å². The van der Waals surface area contributed by atoms with Crippen LogP contribution in [0.4, 0.5) is 0 Å². The van der Waals surface area contributed by atoms with E-state index in [2.05, 4.69) is 28.5 Å². The molecule has 2 aliphatic rings. The molecule has 2 heterocycles. The normalized spacial score (nSPS) is 24.7.